The maximum absolute atomic E-state index is 6.09. The summed E-state index contributed by atoms with van der Waals surface area (Å²) < 4.78 is 0. The van der Waals surface area contributed by atoms with Gasteiger partial charge in [0.1, 0.15) is 0 Å². The molecule has 2 atom stereocenters. The zero-order valence-electron chi connectivity index (χ0n) is 11.7. The highest BCUT2D eigenvalue weighted by atomic mass is 35.5. The Labute approximate surface area is 121 Å². The SMILES string of the molecule is CCCC(Nc1cc(Cl)c(Cl)cc1C)C(C)CC. The molecule has 0 saturated heterocycles. The van der Waals surface area contributed by atoms with Crippen LogP contribution in [0.15, 0.2) is 12.1 Å². The van der Waals surface area contributed by atoms with E-state index in [2.05, 4.69) is 33.0 Å². The molecule has 1 aromatic rings. The van der Waals surface area contributed by atoms with Gasteiger partial charge >= 0.3 is 0 Å². The van der Waals surface area contributed by atoms with Gasteiger partial charge in [0, 0.05) is 11.7 Å². The first-order valence-electron chi connectivity index (χ1n) is 6.71. The van der Waals surface area contributed by atoms with Crippen LogP contribution in [0.2, 0.25) is 10.0 Å². The van der Waals surface area contributed by atoms with Gasteiger partial charge in [-0.05, 0) is 37.0 Å². The van der Waals surface area contributed by atoms with Crippen LogP contribution in [0.4, 0.5) is 5.69 Å². The van der Waals surface area contributed by atoms with E-state index in [0.29, 0.717) is 22.0 Å². The quantitative estimate of drug-likeness (QED) is 0.684. The molecule has 1 N–H and O–H groups in total. The summed E-state index contributed by atoms with van der Waals surface area (Å²) in [5, 5.41) is 4.86. The van der Waals surface area contributed by atoms with Gasteiger partial charge in [-0.15, -0.1) is 0 Å². The molecule has 1 rings (SSSR count). The third-order valence-electron chi connectivity index (χ3n) is 3.54. The third-order valence-corrected chi connectivity index (χ3v) is 4.26. The van der Waals surface area contributed by atoms with E-state index < -0.39 is 0 Å². The van der Waals surface area contributed by atoms with Crippen molar-refractivity contribution in [2.45, 2.75) is 53.0 Å². The first-order chi connectivity index (χ1) is 8.49. The molecular weight excluding hydrogens is 265 g/mol. The Bertz CT molecular complexity index is 390. The Morgan fingerprint density at radius 2 is 1.78 bits per heavy atom. The van der Waals surface area contributed by atoms with Crippen LogP contribution in [-0.2, 0) is 0 Å². The van der Waals surface area contributed by atoms with Crippen LogP contribution in [0, 0.1) is 12.8 Å². The molecule has 0 heterocycles. The van der Waals surface area contributed by atoms with Gasteiger partial charge in [0.15, 0.2) is 0 Å². The van der Waals surface area contributed by atoms with Gasteiger partial charge in [-0.3, -0.25) is 0 Å². The van der Waals surface area contributed by atoms with Gasteiger partial charge in [0.2, 0.25) is 0 Å². The van der Waals surface area contributed by atoms with Gasteiger partial charge < -0.3 is 5.32 Å². The zero-order valence-corrected chi connectivity index (χ0v) is 13.2. The predicted octanol–water partition coefficient (Wildman–Crippen LogP) is 5.93. The lowest BCUT2D eigenvalue weighted by Crippen LogP contribution is -2.27. The maximum Gasteiger partial charge on any atom is 0.0613 e. The highest BCUT2D eigenvalue weighted by Crippen LogP contribution is 2.30. The van der Waals surface area contributed by atoms with Crippen LogP contribution in [0.25, 0.3) is 0 Å². The normalized spacial score (nSPS) is 14.3. The molecule has 0 aliphatic rings. The molecule has 1 aromatic carbocycles. The maximum atomic E-state index is 6.09. The topological polar surface area (TPSA) is 12.0 Å². The smallest absolute Gasteiger partial charge is 0.0613 e. The number of halogens is 2. The van der Waals surface area contributed by atoms with E-state index in [0.717, 1.165) is 11.3 Å². The molecule has 0 amide bonds. The van der Waals surface area contributed by atoms with Crippen LogP contribution < -0.4 is 5.32 Å². The lowest BCUT2D eigenvalue weighted by Gasteiger charge is -2.26. The fourth-order valence-corrected chi connectivity index (χ4v) is 2.48. The number of hydrogen-bond donors (Lipinski definition) is 1. The molecule has 0 aromatic heterocycles. The molecule has 0 aliphatic heterocycles. The van der Waals surface area contributed by atoms with Crippen molar-refractivity contribution in [1.29, 1.82) is 0 Å². The van der Waals surface area contributed by atoms with Crippen LogP contribution in [0.5, 0.6) is 0 Å². The summed E-state index contributed by atoms with van der Waals surface area (Å²) in [6.07, 6.45) is 3.54. The molecule has 3 heteroatoms. The van der Waals surface area contributed by atoms with E-state index in [1.165, 1.54) is 19.3 Å². The number of benzene rings is 1. The van der Waals surface area contributed by atoms with E-state index in [1.807, 2.05) is 12.1 Å². The first kappa shape index (κ1) is 15.7. The summed E-state index contributed by atoms with van der Waals surface area (Å²) in [5.41, 5.74) is 2.25. The number of anilines is 1. The summed E-state index contributed by atoms with van der Waals surface area (Å²) in [7, 11) is 0. The molecule has 0 bridgehead atoms. The molecule has 102 valence electrons. The standard InChI is InChI=1S/C15H23Cl2N/c1-5-7-14(10(3)6-2)18-15-9-13(17)12(16)8-11(15)4/h8-10,14,18H,5-7H2,1-4H3. The largest absolute Gasteiger partial charge is 0.382 e. The van der Waals surface area contributed by atoms with E-state index in [-0.39, 0.29) is 0 Å². The van der Waals surface area contributed by atoms with Crippen molar-refractivity contribution in [3.8, 4) is 0 Å². The molecule has 0 saturated carbocycles. The first-order valence-corrected chi connectivity index (χ1v) is 7.47. The fraction of sp³-hybridized carbons (Fsp3) is 0.600. The Balaban J connectivity index is 2.89. The Morgan fingerprint density at radius 3 is 2.33 bits per heavy atom. The van der Waals surface area contributed by atoms with Crippen LogP contribution >= 0.6 is 23.2 Å². The molecular formula is C15H23Cl2N. The lowest BCUT2D eigenvalue weighted by atomic mass is 9.94. The van der Waals surface area contributed by atoms with Crippen molar-refractivity contribution in [2.75, 3.05) is 5.32 Å². The van der Waals surface area contributed by atoms with Gasteiger partial charge in [-0.1, -0.05) is 56.8 Å². The molecule has 18 heavy (non-hydrogen) atoms. The third kappa shape index (κ3) is 4.07. The Morgan fingerprint density at radius 1 is 1.17 bits per heavy atom. The summed E-state index contributed by atoms with van der Waals surface area (Å²) in [6.45, 7) is 8.81. The fourth-order valence-electron chi connectivity index (χ4n) is 2.10. The van der Waals surface area contributed by atoms with Crippen molar-refractivity contribution >= 4 is 28.9 Å². The van der Waals surface area contributed by atoms with Crippen LogP contribution in [0.3, 0.4) is 0 Å². The summed E-state index contributed by atoms with van der Waals surface area (Å²) in [6, 6.07) is 4.35. The van der Waals surface area contributed by atoms with Crippen molar-refractivity contribution in [2.24, 2.45) is 5.92 Å². The average Bonchev–Trinajstić information content (AvgIpc) is 2.34. The van der Waals surface area contributed by atoms with Crippen molar-refractivity contribution in [1.82, 2.24) is 0 Å². The Hall–Kier alpha value is -0.400. The van der Waals surface area contributed by atoms with E-state index in [4.69, 9.17) is 23.2 Å². The summed E-state index contributed by atoms with van der Waals surface area (Å²) >= 11 is 12.1. The minimum atomic E-state index is 0.496. The summed E-state index contributed by atoms with van der Waals surface area (Å²) in [5.74, 6) is 0.652. The van der Waals surface area contributed by atoms with Gasteiger partial charge in [-0.25, -0.2) is 0 Å². The van der Waals surface area contributed by atoms with Crippen molar-refractivity contribution < 1.29 is 0 Å². The van der Waals surface area contributed by atoms with Crippen LogP contribution in [-0.4, -0.2) is 6.04 Å². The number of nitrogens with one attached hydrogen (secondary N) is 1. The van der Waals surface area contributed by atoms with Gasteiger partial charge in [0.05, 0.1) is 10.0 Å². The highest BCUT2D eigenvalue weighted by molar-refractivity contribution is 6.42. The highest BCUT2D eigenvalue weighted by Gasteiger charge is 2.16. The lowest BCUT2D eigenvalue weighted by molar-refractivity contribution is 0.441. The van der Waals surface area contributed by atoms with Gasteiger partial charge in [-0.2, -0.15) is 0 Å². The van der Waals surface area contributed by atoms with E-state index in [1.54, 1.807) is 0 Å². The monoisotopic (exact) mass is 287 g/mol. The minimum Gasteiger partial charge on any atom is -0.382 e. The summed E-state index contributed by atoms with van der Waals surface area (Å²) in [4.78, 5) is 0. The van der Waals surface area contributed by atoms with Crippen molar-refractivity contribution in [3.63, 3.8) is 0 Å². The second-order valence-corrected chi connectivity index (χ2v) is 5.82. The van der Waals surface area contributed by atoms with Crippen LogP contribution in [0.1, 0.15) is 45.6 Å². The van der Waals surface area contributed by atoms with Crippen molar-refractivity contribution in [3.05, 3.63) is 27.7 Å². The zero-order chi connectivity index (χ0) is 13.7. The molecule has 0 fully saturated rings. The predicted molar refractivity (Wildman–Crippen MR) is 83.0 cm³/mol. The van der Waals surface area contributed by atoms with E-state index >= 15 is 0 Å². The molecule has 1 nitrogen and oxygen atoms in total. The van der Waals surface area contributed by atoms with Gasteiger partial charge in [0.25, 0.3) is 0 Å². The Kier molecular flexibility index (Phi) is 6.31. The minimum absolute atomic E-state index is 0.496. The molecule has 0 radical (unpaired) electrons. The molecule has 2 unspecified atom stereocenters. The average molecular weight is 288 g/mol. The molecule has 0 spiro atoms. The number of hydrogen-bond acceptors (Lipinski definition) is 1. The van der Waals surface area contributed by atoms with E-state index in [9.17, 15) is 0 Å². The number of rotatable bonds is 6. The number of aryl methyl sites for hydroxylation is 1. The molecule has 0 aliphatic carbocycles. The second kappa shape index (κ2) is 7.25. The second-order valence-electron chi connectivity index (χ2n) is 5.01.